The minimum atomic E-state index is -0.489. The molecule has 0 aliphatic carbocycles. The van der Waals surface area contributed by atoms with Crippen LogP contribution in [0, 0.1) is 5.92 Å². The number of aromatic nitrogens is 1. The van der Waals surface area contributed by atoms with Gasteiger partial charge in [-0.3, -0.25) is 9.59 Å². The fourth-order valence-electron chi connectivity index (χ4n) is 3.52. The van der Waals surface area contributed by atoms with Crippen LogP contribution in [0.15, 0.2) is 34.1 Å². The lowest BCUT2D eigenvalue weighted by Crippen LogP contribution is -2.28. The first-order chi connectivity index (χ1) is 14.4. The molecule has 2 heterocycles. The number of nitrogens with zero attached hydrogens (tertiary/aromatic N) is 1. The van der Waals surface area contributed by atoms with E-state index in [1.165, 1.54) is 11.8 Å². The Morgan fingerprint density at radius 3 is 2.70 bits per heavy atom. The molecule has 0 radical (unpaired) electrons. The van der Waals surface area contributed by atoms with Gasteiger partial charge in [-0.15, -0.1) is 11.8 Å². The van der Waals surface area contributed by atoms with Gasteiger partial charge in [0.05, 0.1) is 17.7 Å². The minimum absolute atomic E-state index is 0.0588. The van der Waals surface area contributed by atoms with Crippen molar-refractivity contribution >= 4 is 28.4 Å². The van der Waals surface area contributed by atoms with Crippen LogP contribution in [0.1, 0.15) is 50.2 Å². The Balaban J connectivity index is 2.13. The molecule has 0 bridgehead atoms. The average molecular weight is 431 g/mol. The van der Waals surface area contributed by atoms with E-state index >= 15 is 0 Å². The van der Waals surface area contributed by atoms with E-state index in [4.69, 9.17) is 16.2 Å². The summed E-state index contributed by atoms with van der Waals surface area (Å²) >= 11 is 1.47. The molecule has 7 nitrogen and oxygen atoms in total. The minimum Gasteiger partial charge on any atom is -0.491 e. The van der Waals surface area contributed by atoms with E-state index < -0.39 is 5.91 Å². The maximum atomic E-state index is 13.3. The Morgan fingerprint density at radius 2 is 2.10 bits per heavy atom. The van der Waals surface area contributed by atoms with Crippen molar-refractivity contribution in [1.82, 2.24) is 9.88 Å². The monoisotopic (exact) mass is 430 g/mol. The smallest absolute Gasteiger partial charge is 0.265 e. The number of pyridine rings is 1. The third-order valence-electron chi connectivity index (χ3n) is 5.01. The van der Waals surface area contributed by atoms with Crippen LogP contribution in [0.2, 0.25) is 0 Å². The van der Waals surface area contributed by atoms with E-state index in [2.05, 4.69) is 26.1 Å². The van der Waals surface area contributed by atoms with Crippen molar-refractivity contribution in [3.05, 3.63) is 50.9 Å². The number of amides is 1. The van der Waals surface area contributed by atoms with Crippen molar-refractivity contribution < 1.29 is 9.53 Å². The van der Waals surface area contributed by atoms with Gasteiger partial charge < -0.3 is 26.1 Å². The zero-order valence-corrected chi connectivity index (χ0v) is 18.6. The summed E-state index contributed by atoms with van der Waals surface area (Å²) in [5, 5.41) is 6.05. The summed E-state index contributed by atoms with van der Waals surface area (Å²) in [6.45, 7) is 7.61. The van der Waals surface area contributed by atoms with E-state index in [0.717, 1.165) is 29.5 Å². The van der Waals surface area contributed by atoms with E-state index in [-0.39, 0.29) is 17.5 Å². The van der Waals surface area contributed by atoms with Crippen LogP contribution in [0.3, 0.4) is 0 Å². The number of primary amides is 1. The highest BCUT2D eigenvalue weighted by Gasteiger charge is 2.24. The molecule has 1 amide bonds. The molecule has 1 aromatic heterocycles. The molecule has 8 heteroatoms. The maximum Gasteiger partial charge on any atom is 0.265 e. The molecule has 0 saturated heterocycles. The summed E-state index contributed by atoms with van der Waals surface area (Å²) in [6, 6.07) is 5.70. The van der Waals surface area contributed by atoms with Gasteiger partial charge in [0.25, 0.3) is 11.5 Å². The lowest BCUT2D eigenvalue weighted by atomic mass is 10.0. The van der Waals surface area contributed by atoms with Crippen LogP contribution in [-0.4, -0.2) is 17.1 Å². The lowest BCUT2D eigenvalue weighted by Gasteiger charge is -2.21. The van der Waals surface area contributed by atoms with E-state index in [0.29, 0.717) is 35.9 Å². The third kappa shape index (κ3) is 4.49. The van der Waals surface area contributed by atoms with E-state index in [1.807, 2.05) is 18.2 Å². The molecule has 1 aliphatic rings. The molecule has 3 rings (SSSR count). The fraction of sp³-hybridized carbons (Fsp3) is 0.455. The lowest BCUT2D eigenvalue weighted by molar-refractivity contribution is -0.114. The summed E-state index contributed by atoms with van der Waals surface area (Å²) in [5.41, 5.74) is 13.4. The highest BCUT2D eigenvalue weighted by molar-refractivity contribution is 8.02. The molecule has 162 valence electrons. The first-order valence-electron chi connectivity index (χ1n) is 10.3. The van der Waals surface area contributed by atoms with Gasteiger partial charge in [-0.25, -0.2) is 0 Å². The fourth-order valence-corrected chi connectivity index (χ4v) is 4.48. The first kappa shape index (κ1) is 22.2. The largest absolute Gasteiger partial charge is 0.491 e. The predicted molar refractivity (Wildman–Crippen MR) is 122 cm³/mol. The normalized spacial score (nSPS) is 16.0. The molecular formula is C22H30N4O3S. The first-order valence-corrected chi connectivity index (χ1v) is 11.3. The molecule has 1 atom stereocenters. The number of fused-ring (bicyclic) bond motifs is 1. The van der Waals surface area contributed by atoms with Crippen molar-refractivity contribution in [3.63, 3.8) is 0 Å². The zero-order valence-electron chi connectivity index (χ0n) is 17.7. The molecule has 0 fully saturated rings. The standard InChI is InChI=1S/C22H30N4O3S/c1-4-5-8-29-19-16-9-14(21-25-17(12-30-21)20(24)27)6-7-15(16)22(28)26(11-13(2)3)18(19)10-23/h6-7,9,12-13,21,25H,4-5,8,10-11,23H2,1-3H3,(H2,24,27). The Morgan fingerprint density at radius 1 is 1.33 bits per heavy atom. The average Bonchev–Trinajstić information content (AvgIpc) is 3.21. The number of rotatable bonds is 9. The summed E-state index contributed by atoms with van der Waals surface area (Å²) < 4.78 is 7.94. The second-order valence-corrected chi connectivity index (χ2v) is 8.83. The number of hydrogen-bond acceptors (Lipinski definition) is 6. The molecule has 2 aromatic rings. The molecule has 5 N–H and O–H groups in total. The highest BCUT2D eigenvalue weighted by Crippen LogP contribution is 2.37. The Bertz CT molecular complexity index is 1030. The number of carbonyl (C=O) groups excluding carboxylic acids is 1. The summed E-state index contributed by atoms with van der Waals surface area (Å²) in [6.07, 6.45) is 1.93. The number of benzene rings is 1. The topological polar surface area (TPSA) is 112 Å². The quantitative estimate of drug-likeness (QED) is 0.527. The second kappa shape index (κ2) is 9.57. The van der Waals surface area contributed by atoms with Gasteiger partial charge in [-0.05, 0) is 30.0 Å². The van der Waals surface area contributed by atoms with Crippen LogP contribution in [0.5, 0.6) is 5.75 Å². The van der Waals surface area contributed by atoms with Crippen LogP contribution in [0.25, 0.3) is 10.8 Å². The maximum absolute atomic E-state index is 13.3. The predicted octanol–water partition coefficient (Wildman–Crippen LogP) is 2.96. The van der Waals surface area contributed by atoms with Gasteiger partial charge >= 0.3 is 0 Å². The number of carbonyl (C=O) groups is 1. The van der Waals surface area contributed by atoms with Crippen molar-refractivity contribution in [3.8, 4) is 5.75 Å². The molecule has 0 saturated carbocycles. The van der Waals surface area contributed by atoms with Crippen LogP contribution < -0.4 is 27.1 Å². The van der Waals surface area contributed by atoms with Gasteiger partial charge in [0.1, 0.15) is 16.8 Å². The van der Waals surface area contributed by atoms with Crippen molar-refractivity contribution in [2.24, 2.45) is 17.4 Å². The number of hydrogen-bond donors (Lipinski definition) is 3. The van der Waals surface area contributed by atoms with Crippen molar-refractivity contribution in [1.29, 1.82) is 0 Å². The van der Waals surface area contributed by atoms with E-state index in [1.54, 1.807) is 9.98 Å². The Labute approximate surface area is 180 Å². The molecule has 30 heavy (non-hydrogen) atoms. The molecule has 1 aliphatic heterocycles. The molecule has 1 aromatic carbocycles. The van der Waals surface area contributed by atoms with Gasteiger partial charge in [0.2, 0.25) is 0 Å². The Hall–Kier alpha value is -2.45. The summed E-state index contributed by atoms with van der Waals surface area (Å²) in [5.74, 6) is 0.482. The van der Waals surface area contributed by atoms with Crippen LogP contribution >= 0.6 is 11.8 Å². The number of unbranched alkanes of at least 4 members (excludes halogenated alkanes) is 1. The zero-order chi connectivity index (χ0) is 21.8. The number of ether oxygens (including phenoxy) is 1. The van der Waals surface area contributed by atoms with Gasteiger partial charge in [-0.1, -0.05) is 33.3 Å². The summed E-state index contributed by atoms with van der Waals surface area (Å²) in [4.78, 5) is 24.7. The van der Waals surface area contributed by atoms with Gasteiger partial charge in [0, 0.05) is 23.9 Å². The molecule has 0 spiro atoms. The summed E-state index contributed by atoms with van der Waals surface area (Å²) in [7, 11) is 0. The van der Waals surface area contributed by atoms with E-state index in [9.17, 15) is 9.59 Å². The van der Waals surface area contributed by atoms with Gasteiger partial charge in [0.15, 0.2) is 0 Å². The highest BCUT2D eigenvalue weighted by atomic mass is 32.2. The van der Waals surface area contributed by atoms with Crippen LogP contribution in [-0.2, 0) is 17.9 Å². The molecular weight excluding hydrogens is 400 g/mol. The van der Waals surface area contributed by atoms with Gasteiger partial charge in [-0.2, -0.15) is 0 Å². The number of thioether (sulfide) groups is 1. The Kier molecular flexibility index (Phi) is 7.10. The van der Waals surface area contributed by atoms with Crippen LogP contribution in [0.4, 0.5) is 0 Å². The second-order valence-electron chi connectivity index (χ2n) is 7.85. The molecule has 1 unspecified atom stereocenters. The SMILES string of the molecule is CCCCOc1c(CN)n(CC(C)C)c(=O)c2ccc(C3NC(C(N)=O)=CS3)cc12. The third-order valence-corrected chi connectivity index (χ3v) is 6.05. The van der Waals surface area contributed by atoms with Crippen molar-refractivity contribution in [2.45, 2.75) is 52.1 Å². The number of nitrogens with one attached hydrogen (secondary N) is 1. The number of nitrogens with two attached hydrogens (primary N) is 2. The van der Waals surface area contributed by atoms with Crippen molar-refractivity contribution in [2.75, 3.05) is 6.61 Å².